The molecule has 0 saturated carbocycles. The van der Waals surface area contributed by atoms with E-state index in [1.165, 1.54) is 72.3 Å². The normalized spacial score (nSPS) is 14.1. The lowest BCUT2D eigenvalue weighted by molar-refractivity contribution is 0.634. The summed E-state index contributed by atoms with van der Waals surface area (Å²) in [4.78, 5) is 15.1. The second-order valence-corrected chi connectivity index (χ2v) is 16.6. The molecule has 1 aromatic heterocycles. The Morgan fingerprint density at radius 2 is 0.516 bits per heavy atom. The number of benzene rings is 9. The van der Waals surface area contributed by atoms with Gasteiger partial charge in [-0.1, -0.05) is 224 Å². The fourth-order valence-corrected chi connectivity index (χ4v) is 11.3. The fraction of sp³-hybridized carbons (Fsp3) is 0.0339. The van der Waals surface area contributed by atoms with Gasteiger partial charge in [-0.2, -0.15) is 0 Å². The summed E-state index contributed by atoms with van der Waals surface area (Å²) in [6, 6.07) is 82.0. The van der Waals surface area contributed by atoms with E-state index in [1.54, 1.807) is 0 Å². The van der Waals surface area contributed by atoms with Crippen LogP contribution in [-0.4, -0.2) is 15.0 Å². The van der Waals surface area contributed by atoms with Crippen molar-refractivity contribution in [1.82, 2.24) is 15.0 Å². The van der Waals surface area contributed by atoms with Crippen molar-refractivity contribution in [2.75, 3.05) is 0 Å². The average molecular weight is 788 g/mol. The van der Waals surface area contributed by atoms with Crippen molar-refractivity contribution in [1.29, 1.82) is 0 Å². The molecule has 3 aliphatic rings. The highest BCUT2D eigenvalue weighted by Gasteiger charge is 2.59. The van der Waals surface area contributed by atoms with E-state index >= 15 is 0 Å². The van der Waals surface area contributed by atoms with Gasteiger partial charge in [0.1, 0.15) is 0 Å². The molecule has 0 unspecified atom stereocenters. The van der Waals surface area contributed by atoms with Crippen LogP contribution < -0.4 is 0 Å². The molecular weight excluding hydrogens is 751 g/mol. The molecule has 3 aliphatic carbocycles. The molecule has 0 saturated heterocycles. The number of hydrogen-bond donors (Lipinski definition) is 0. The Bertz CT molecular complexity index is 3260. The highest BCUT2D eigenvalue weighted by Crippen LogP contribution is 2.68. The van der Waals surface area contributed by atoms with Crippen molar-refractivity contribution in [2.24, 2.45) is 0 Å². The van der Waals surface area contributed by atoms with Crippen LogP contribution in [0.2, 0.25) is 0 Å². The van der Waals surface area contributed by atoms with Crippen LogP contribution in [-0.2, 0) is 10.8 Å². The molecular formula is C59H37N3. The first kappa shape index (κ1) is 34.8. The van der Waals surface area contributed by atoms with Crippen LogP contribution in [0.5, 0.6) is 0 Å². The van der Waals surface area contributed by atoms with Gasteiger partial charge in [0.05, 0.1) is 10.8 Å². The smallest absolute Gasteiger partial charge is 0.164 e. The molecule has 9 aromatic carbocycles. The molecule has 62 heavy (non-hydrogen) atoms. The Hall–Kier alpha value is -8.01. The minimum atomic E-state index is -0.588. The zero-order chi connectivity index (χ0) is 40.8. The van der Waals surface area contributed by atoms with Crippen molar-refractivity contribution in [3.8, 4) is 67.5 Å². The lowest BCUT2D eigenvalue weighted by atomic mass is 9.51. The maximum absolute atomic E-state index is 5.07. The first-order chi connectivity index (χ1) is 30.8. The predicted molar refractivity (Wildman–Crippen MR) is 250 cm³/mol. The zero-order valence-electron chi connectivity index (χ0n) is 33.7. The monoisotopic (exact) mass is 787 g/mol. The van der Waals surface area contributed by atoms with Crippen LogP contribution >= 0.6 is 0 Å². The van der Waals surface area contributed by atoms with E-state index in [-0.39, 0.29) is 0 Å². The van der Waals surface area contributed by atoms with Gasteiger partial charge in [0.25, 0.3) is 0 Å². The third-order valence-electron chi connectivity index (χ3n) is 13.6. The van der Waals surface area contributed by atoms with Gasteiger partial charge in [0.2, 0.25) is 0 Å². The van der Waals surface area contributed by atoms with E-state index in [0.717, 1.165) is 22.3 Å². The molecule has 0 bridgehead atoms. The third kappa shape index (κ3) is 4.62. The quantitative estimate of drug-likeness (QED) is 0.178. The SMILES string of the molecule is c1ccc(-c2nc(-c3ccccc3)nc(-c3ccc(-c4cccc5c4C4(c6ccccc6-c6ccccc64)c4ccccc4C54c5ccccc5-c5ccccc54)cc3)n2)cc1. The Morgan fingerprint density at radius 1 is 0.210 bits per heavy atom. The molecule has 1 heterocycles. The van der Waals surface area contributed by atoms with Crippen molar-refractivity contribution in [3.63, 3.8) is 0 Å². The van der Waals surface area contributed by atoms with Crippen molar-refractivity contribution in [2.45, 2.75) is 10.8 Å². The second-order valence-electron chi connectivity index (χ2n) is 16.6. The number of hydrogen-bond acceptors (Lipinski definition) is 3. The van der Waals surface area contributed by atoms with Crippen molar-refractivity contribution < 1.29 is 0 Å². The van der Waals surface area contributed by atoms with Gasteiger partial charge in [-0.15, -0.1) is 0 Å². The summed E-state index contributed by atoms with van der Waals surface area (Å²) in [5.74, 6) is 1.94. The molecule has 0 aliphatic heterocycles. The summed E-state index contributed by atoms with van der Waals surface area (Å²) in [6.07, 6.45) is 0. The van der Waals surface area contributed by atoms with Gasteiger partial charge in [-0.25, -0.2) is 15.0 Å². The van der Waals surface area contributed by atoms with Crippen LogP contribution in [0.1, 0.15) is 44.5 Å². The molecule has 13 rings (SSSR count). The summed E-state index contributed by atoms with van der Waals surface area (Å²) < 4.78 is 0. The maximum atomic E-state index is 5.07. The Morgan fingerprint density at radius 3 is 0.968 bits per heavy atom. The molecule has 288 valence electrons. The first-order valence-corrected chi connectivity index (χ1v) is 21.4. The molecule has 3 heteroatoms. The minimum Gasteiger partial charge on any atom is -0.208 e. The van der Waals surface area contributed by atoms with Crippen LogP contribution in [0.4, 0.5) is 0 Å². The van der Waals surface area contributed by atoms with Crippen molar-refractivity contribution >= 4 is 0 Å². The van der Waals surface area contributed by atoms with E-state index in [2.05, 4.69) is 188 Å². The lowest BCUT2D eigenvalue weighted by Gasteiger charge is -2.49. The van der Waals surface area contributed by atoms with Crippen LogP contribution in [0, 0.1) is 0 Å². The Kier molecular flexibility index (Phi) is 7.44. The first-order valence-electron chi connectivity index (χ1n) is 21.4. The summed E-state index contributed by atoms with van der Waals surface area (Å²) in [5, 5.41) is 0. The highest BCUT2D eigenvalue weighted by atomic mass is 15.0. The summed E-state index contributed by atoms with van der Waals surface area (Å²) in [6.45, 7) is 0. The highest BCUT2D eigenvalue weighted by molar-refractivity contribution is 5.96. The topological polar surface area (TPSA) is 38.7 Å². The average Bonchev–Trinajstić information content (AvgIpc) is 3.82. The standard InChI is InChI=1S/C59H37N3/c1-3-18-39(19-4-1)55-60-56(40-20-5-2-6-21-40)62-57(61-55)41-36-34-38(35-37-41)42-26-17-33-53-54(42)59(49-29-13-9-24-45(49)46-25-10-14-30-50(46)59)52-32-16-15-31-51(52)58(53)47-27-11-7-22-43(47)44-23-8-12-28-48(44)58/h1-37H. The molecule has 0 fully saturated rings. The predicted octanol–water partition coefficient (Wildman–Crippen LogP) is 13.6. The summed E-state index contributed by atoms with van der Waals surface area (Å²) in [5.41, 5.74) is 19.8. The van der Waals surface area contributed by atoms with Crippen LogP contribution in [0.3, 0.4) is 0 Å². The molecule has 10 aromatic rings. The van der Waals surface area contributed by atoms with Gasteiger partial charge in [0.15, 0.2) is 17.5 Å². The summed E-state index contributed by atoms with van der Waals surface area (Å²) in [7, 11) is 0. The second kappa shape index (κ2) is 13.2. The number of fused-ring (bicyclic) bond motifs is 16. The van der Waals surface area contributed by atoms with E-state index in [4.69, 9.17) is 15.0 Å². The Labute approximate surface area is 360 Å². The van der Waals surface area contributed by atoms with Crippen molar-refractivity contribution in [3.05, 3.63) is 269 Å². The minimum absolute atomic E-state index is 0.542. The van der Waals surface area contributed by atoms with E-state index in [1.807, 2.05) is 36.4 Å². The fourth-order valence-electron chi connectivity index (χ4n) is 11.3. The van der Waals surface area contributed by atoms with Gasteiger partial charge in [-0.3, -0.25) is 0 Å². The molecule has 0 amide bonds. The van der Waals surface area contributed by atoms with Gasteiger partial charge >= 0.3 is 0 Å². The molecule has 0 N–H and O–H groups in total. The third-order valence-corrected chi connectivity index (χ3v) is 13.6. The van der Waals surface area contributed by atoms with Crippen LogP contribution in [0.25, 0.3) is 67.5 Å². The van der Waals surface area contributed by atoms with E-state index < -0.39 is 10.8 Å². The molecule has 0 atom stereocenters. The molecule has 3 nitrogen and oxygen atoms in total. The van der Waals surface area contributed by atoms with Crippen LogP contribution in [0.15, 0.2) is 224 Å². The Balaban J connectivity index is 1.09. The number of nitrogens with zero attached hydrogens (tertiary/aromatic N) is 3. The van der Waals surface area contributed by atoms with E-state index in [0.29, 0.717) is 17.5 Å². The lowest BCUT2D eigenvalue weighted by Crippen LogP contribution is -2.44. The number of aromatic nitrogens is 3. The largest absolute Gasteiger partial charge is 0.208 e. The van der Waals surface area contributed by atoms with E-state index in [9.17, 15) is 0 Å². The molecule has 2 spiro atoms. The molecule has 0 radical (unpaired) electrons. The van der Waals surface area contributed by atoms with Gasteiger partial charge in [0, 0.05) is 16.7 Å². The van der Waals surface area contributed by atoms with Gasteiger partial charge in [-0.05, 0) is 77.9 Å². The maximum Gasteiger partial charge on any atom is 0.164 e. The number of rotatable bonds is 4. The van der Waals surface area contributed by atoms with Gasteiger partial charge < -0.3 is 0 Å². The summed E-state index contributed by atoms with van der Waals surface area (Å²) >= 11 is 0. The zero-order valence-corrected chi connectivity index (χ0v) is 33.7.